The van der Waals surface area contributed by atoms with Crippen molar-refractivity contribution in [2.75, 3.05) is 11.1 Å². The smallest absolute Gasteiger partial charge is 0.222 e. The number of nitrogens with one attached hydrogen (secondary N) is 2. The van der Waals surface area contributed by atoms with Crippen LogP contribution in [0.2, 0.25) is 0 Å². The molecule has 0 bridgehead atoms. The van der Waals surface area contributed by atoms with Gasteiger partial charge in [0.25, 0.3) is 0 Å². The molecule has 4 aromatic rings. The number of aromatic nitrogens is 5. The molecule has 114 valence electrons. The largest absolute Gasteiger partial charge is 0.451 e. The van der Waals surface area contributed by atoms with Gasteiger partial charge in [0.2, 0.25) is 5.95 Å². The van der Waals surface area contributed by atoms with Gasteiger partial charge >= 0.3 is 0 Å². The number of hydrogen-bond donors (Lipinski definition) is 3. The van der Waals surface area contributed by atoms with Crippen molar-refractivity contribution in [1.82, 2.24) is 25.1 Å². The summed E-state index contributed by atoms with van der Waals surface area (Å²) in [6.07, 6.45) is 4.68. The molecule has 0 atom stereocenters. The summed E-state index contributed by atoms with van der Waals surface area (Å²) in [5.41, 5.74) is 9.26. The molecule has 0 spiro atoms. The molecule has 0 saturated carbocycles. The third kappa shape index (κ3) is 2.57. The molecule has 3 aromatic heterocycles. The summed E-state index contributed by atoms with van der Waals surface area (Å²) in [4.78, 5) is 12.6. The van der Waals surface area contributed by atoms with Crippen LogP contribution in [0.15, 0.2) is 47.5 Å². The molecule has 0 aliphatic rings. The van der Waals surface area contributed by atoms with Crippen molar-refractivity contribution in [1.29, 1.82) is 0 Å². The highest BCUT2D eigenvalue weighted by Crippen LogP contribution is 2.26. The van der Waals surface area contributed by atoms with Gasteiger partial charge in [0.15, 0.2) is 6.39 Å². The Morgan fingerprint density at radius 3 is 2.96 bits per heavy atom. The monoisotopic (exact) mass is 307 g/mol. The fraction of sp³-hybridized carbons (Fsp3) is 0.0667. The van der Waals surface area contributed by atoms with Crippen LogP contribution in [0.4, 0.5) is 11.8 Å². The number of aromatic amines is 1. The Morgan fingerprint density at radius 2 is 2.17 bits per heavy atom. The van der Waals surface area contributed by atoms with Crippen LogP contribution in [0, 0.1) is 0 Å². The number of nitrogen functional groups attached to an aromatic ring is 1. The minimum absolute atomic E-state index is 0.210. The Kier molecular flexibility index (Phi) is 3.12. The van der Waals surface area contributed by atoms with E-state index in [1.54, 1.807) is 12.5 Å². The van der Waals surface area contributed by atoms with E-state index in [9.17, 15) is 0 Å². The maximum atomic E-state index is 5.83. The standard InChI is InChI=1S/C15H13N7O/c16-15-20-13-5-9(12-3-4-19-22-12)1-2-11(13)14(21-15)17-6-10-7-23-8-18-10/h1-5,7-8H,6H2,(H,19,22)(H3,16,17,20,21). The maximum Gasteiger partial charge on any atom is 0.222 e. The molecule has 4 rings (SSSR count). The third-order valence-corrected chi connectivity index (χ3v) is 3.45. The second-order valence-electron chi connectivity index (χ2n) is 4.97. The molecular weight excluding hydrogens is 294 g/mol. The number of rotatable bonds is 4. The van der Waals surface area contributed by atoms with Crippen LogP contribution in [-0.4, -0.2) is 25.1 Å². The van der Waals surface area contributed by atoms with E-state index >= 15 is 0 Å². The van der Waals surface area contributed by atoms with Crippen molar-refractivity contribution in [3.63, 3.8) is 0 Å². The number of fused-ring (bicyclic) bond motifs is 1. The van der Waals surface area contributed by atoms with Crippen molar-refractivity contribution in [3.05, 3.63) is 48.8 Å². The zero-order valence-electron chi connectivity index (χ0n) is 12.0. The van der Waals surface area contributed by atoms with Crippen LogP contribution < -0.4 is 11.1 Å². The van der Waals surface area contributed by atoms with Gasteiger partial charge in [-0.05, 0) is 18.2 Å². The quantitative estimate of drug-likeness (QED) is 0.528. The molecule has 4 N–H and O–H groups in total. The fourth-order valence-electron chi connectivity index (χ4n) is 2.37. The molecule has 0 amide bonds. The number of nitrogens with zero attached hydrogens (tertiary/aromatic N) is 4. The summed E-state index contributed by atoms with van der Waals surface area (Å²) in [6, 6.07) is 7.78. The summed E-state index contributed by atoms with van der Waals surface area (Å²) in [6.45, 7) is 0.490. The lowest BCUT2D eigenvalue weighted by Crippen LogP contribution is -2.05. The van der Waals surface area contributed by atoms with E-state index < -0.39 is 0 Å². The second kappa shape index (κ2) is 5.41. The number of nitrogens with two attached hydrogens (primary N) is 1. The van der Waals surface area contributed by atoms with E-state index in [1.807, 2.05) is 24.3 Å². The normalized spacial score (nSPS) is 11.0. The SMILES string of the molecule is Nc1nc(NCc2cocn2)c2ccc(-c3ccn[nH]3)cc2n1. The lowest BCUT2D eigenvalue weighted by molar-refractivity contribution is 0.556. The van der Waals surface area contributed by atoms with Gasteiger partial charge in [0, 0.05) is 17.1 Å². The van der Waals surface area contributed by atoms with Crippen molar-refractivity contribution < 1.29 is 4.42 Å². The zero-order valence-corrected chi connectivity index (χ0v) is 12.0. The molecule has 0 radical (unpaired) electrons. The van der Waals surface area contributed by atoms with Gasteiger partial charge < -0.3 is 15.5 Å². The van der Waals surface area contributed by atoms with Crippen molar-refractivity contribution >= 4 is 22.7 Å². The van der Waals surface area contributed by atoms with E-state index in [0.29, 0.717) is 12.4 Å². The molecule has 3 heterocycles. The van der Waals surface area contributed by atoms with Gasteiger partial charge in [-0.2, -0.15) is 10.1 Å². The number of anilines is 2. The van der Waals surface area contributed by atoms with E-state index in [2.05, 4.69) is 30.5 Å². The first-order valence-electron chi connectivity index (χ1n) is 6.97. The molecule has 0 saturated heterocycles. The summed E-state index contributed by atoms with van der Waals surface area (Å²) >= 11 is 0. The summed E-state index contributed by atoms with van der Waals surface area (Å²) in [7, 11) is 0. The number of oxazole rings is 1. The Bertz CT molecular complexity index is 932. The third-order valence-electron chi connectivity index (χ3n) is 3.45. The van der Waals surface area contributed by atoms with Crippen LogP contribution in [0.5, 0.6) is 0 Å². The molecule has 0 aliphatic heterocycles. The number of H-pyrrole nitrogens is 1. The molecule has 8 heteroatoms. The average Bonchev–Trinajstić information content (AvgIpc) is 3.25. The van der Waals surface area contributed by atoms with Crippen LogP contribution in [0.1, 0.15) is 5.69 Å². The van der Waals surface area contributed by atoms with Gasteiger partial charge in [-0.15, -0.1) is 0 Å². The first-order chi connectivity index (χ1) is 11.3. The predicted molar refractivity (Wildman–Crippen MR) is 85.4 cm³/mol. The van der Waals surface area contributed by atoms with Crippen LogP contribution in [0.3, 0.4) is 0 Å². The Labute approximate surface area is 130 Å². The highest BCUT2D eigenvalue weighted by atomic mass is 16.3. The van der Waals surface area contributed by atoms with Crippen LogP contribution in [0.25, 0.3) is 22.2 Å². The molecular formula is C15H13N7O. The highest BCUT2D eigenvalue weighted by molar-refractivity contribution is 5.92. The topological polar surface area (TPSA) is 119 Å². The Balaban J connectivity index is 1.73. The number of benzene rings is 1. The van der Waals surface area contributed by atoms with Crippen LogP contribution in [-0.2, 0) is 6.54 Å². The molecule has 8 nitrogen and oxygen atoms in total. The summed E-state index contributed by atoms with van der Waals surface area (Å²) in [5.74, 6) is 0.869. The van der Waals surface area contributed by atoms with E-state index in [1.165, 1.54) is 6.39 Å². The van der Waals surface area contributed by atoms with Gasteiger partial charge in [0.1, 0.15) is 12.1 Å². The Morgan fingerprint density at radius 1 is 1.22 bits per heavy atom. The van der Waals surface area contributed by atoms with Crippen molar-refractivity contribution in [2.24, 2.45) is 0 Å². The molecule has 0 unspecified atom stereocenters. The predicted octanol–water partition coefficient (Wildman–Crippen LogP) is 2.20. The van der Waals surface area contributed by atoms with E-state index in [-0.39, 0.29) is 5.95 Å². The first kappa shape index (κ1) is 13.3. The molecule has 23 heavy (non-hydrogen) atoms. The Hall–Kier alpha value is -3.42. The second-order valence-corrected chi connectivity index (χ2v) is 4.97. The number of hydrogen-bond acceptors (Lipinski definition) is 7. The lowest BCUT2D eigenvalue weighted by atomic mass is 10.1. The molecule has 0 aliphatic carbocycles. The lowest BCUT2D eigenvalue weighted by Gasteiger charge is -2.09. The van der Waals surface area contributed by atoms with Gasteiger partial charge in [0.05, 0.1) is 23.4 Å². The highest BCUT2D eigenvalue weighted by Gasteiger charge is 2.09. The molecule has 0 fully saturated rings. The fourth-order valence-corrected chi connectivity index (χ4v) is 2.37. The van der Waals surface area contributed by atoms with Gasteiger partial charge in [-0.3, -0.25) is 5.10 Å². The van der Waals surface area contributed by atoms with E-state index in [0.717, 1.165) is 27.9 Å². The van der Waals surface area contributed by atoms with Crippen molar-refractivity contribution in [2.45, 2.75) is 6.54 Å². The minimum Gasteiger partial charge on any atom is -0.451 e. The summed E-state index contributed by atoms with van der Waals surface area (Å²) in [5, 5.41) is 11.0. The van der Waals surface area contributed by atoms with Crippen LogP contribution >= 0.6 is 0 Å². The zero-order chi connectivity index (χ0) is 15.6. The average molecular weight is 307 g/mol. The van der Waals surface area contributed by atoms with E-state index in [4.69, 9.17) is 10.2 Å². The first-order valence-corrected chi connectivity index (χ1v) is 6.97. The van der Waals surface area contributed by atoms with Gasteiger partial charge in [-0.1, -0.05) is 6.07 Å². The van der Waals surface area contributed by atoms with Crippen molar-refractivity contribution in [3.8, 4) is 11.3 Å². The maximum absolute atomic E-state index is 5.83. The molecule has 1 aromatic carbocycles. The summed E-state index contributed by atoms with van der Waals surface area (Å²) < 4.78 is 4.95. The minimum atomic E-state index is 0.210. The van der Waals surface area contributed by atoms with Gasteiger partial charge in [-0.25, -0.2) is 9.97 Å².